The summed E-state index contributed by atoms with van der Waals surface area (Å²) in [6.45, 7) is 4.52. The first kappa shape index (κ1) is 12.8. The molecule has 0 bridgehead atoms. The van der Waals surface area contributed by atoms with Gasteiger partial charge in [-0.1, -0.05) is 13.0 Å². The number of anilines is 1. The van der Waals surface area contributed by atoms with Crippen molar-refractivity contribution < 1.29 is 4.74 Å². The lowest BCUT2D eigenvalue weighted by Gasteiger charge is -2.39. The normalized spacial score (nSPS) is 26.3. The zero-order valence-corrected chi connectivity index (χ0v) is 12.0. The molecule has 19 heavy (non-hydrogen) atoms. The summed E-state index contributed by atoms with van der Waals surface area (Å²) in [6, 6.07) is 7.94. The topological polar surface area (TPSA) is 24.5 Å². The lowest BCUT2D eigenvalue weighted by atomic mass is 9.96. The first-order valence-corrected chi connectivity index (χ1v) is 7.50. The minimum absolute atomic E-state index is 0.648. The van der Waals surface area contributed by atoms with Gasteiger partial charge in [0.25, 0.3) is 0 Å². The minimum atomic E-state index is 0.648. The second kappa shape index (κ2) is 5.41. The van der Waals surface area contributed by atoms with E-state index < -0.39 is 0 Å². The number of nitrogens with zero attached hydrogens (tertiary/aromatic N) is 1. The number of methoxy groups -OCH3 is 1. The maximum absolute atomic E-state index is 5.58. The van der Waals surface area contributed by atoms with Gasteiger partial charge in [-0.3, -0.25) is 0 Å². The molecule has 3 rings (SSSR count). The summed E-state index contributed by atoms with van der Waals surface area (Å²) in [5, 5.41) is 3.64. The predicted octanol–water partition coefficient (Wildman–Crippen LogP) is 2.59. The Morgan fingerprint density at radius 3 is 3.05 bits per heavy atom. The van der Waals surface area contributed by atoms with E-state index in [0.717, 1.165) is 25.3 Å². The number of aryl methyl sites for hydroxylation is 1. The predicted molar refractivity (Wildman–Crippen MR) is 79.1 cm³/mol. The molecule has 3 heteroatoms. The molecule has 1 N–H and O–H groups in total. The maximum atomic E-state index is 5.58. The van der Waals surface area contributed by atoms with Crippen molar-refractivity contribution in [3.05, 3.63) is 23.8 Å². The Morgan fingerprint density at radius 1 is 1.37 bits per heavy atom. The standard InChI is InChI=1S/C16H24N2O/c1-3-12-6-7-16(19-2)15(11-12)18-10-4-5-13-14(18)8-9-17-13/h6-7,11,13-14,17H,3-5,8-10H2,1-2H3. The number of rotatable bonds is 3. The van der Waals surface area contributed by atoms with Crippen LogP contribution in [0.2, 0.25) is 0 Å². The van der Waals surface area contributed by atoms with Crippen LogP contribution in [-0.2, 0) is 6.42 Å². The van der Waals surface area contributed by atoms with Crippen molar-refractivity contribution in [2.24, 2.45) is 0 Å². The Labute approximate surface area is 115 Å². The molecule has 0 aromatic heterocycles. The van der Waals surface area contributed by atoms with Crippen molar-refractivity contribution in [1.82, 2.24) is 5.32 Å². The van der Waals surface area contributed by atoms with E-state index in [1.54, 1.807) is 7.11 Å². The minimum Gasteiger partial charge on any atom is -0.495 e. The lowest BCUT2D eigenvalue weighted by molar-refractivity contribution is 0.391. The quantitative estimate of drug-likeness (QED) is 0.904. The summed E-state index contributed by atoms with van der Waals surface area (Å²) in [6.07, 6.45) is 4.92. The number of fused-ring (bicyclic) bond motifs is 1. The van der Waals surface area contributed by atoms with Gasteiger partial charge in [-0.25, -0.2) is 0 Å². The van der Waals surface area contributed by atoms with Crippen molar-refractivity contribution in [2.45, 2.75) is 44.7 Å². The van der Waals surface area contributed by atoms with E-state index in [4.69, 9.17) is 4.74 Å². The van der Waals surface area contributed by atoms with Crippen LogP contribution in [0.1, 0.15) is 31.7 Å². The van der Waals surface area contributed by atoms with Crippen LogP contribution in [0.5, 0.6) is 5.75 Å². The zero-order chi connectivity index (χ0) is 13.2. The van der Waals surface area contributed by atoms with Gasteiger partial charge in [0.15, 0.2) is 0 Å². The van der Waals surface area contributed by atoms with E-state index in [-0.39, 0.29) is 0 Å². The Bertz CT molecular complexity index is 446. The highest BCUT2D eigenvalue weighted by Gasteiger charge is 2.35. The molecule has 2 atom stereocenters. The highest BCUT2D eigenvalue weighted by molar-refractivity contribution is 5.61. The third-order valence-corrected chi connectivity index (χ3v) is 4.59. The van der Waals surface area contributed by atoms with Crippen molar-refractivity contribution in [2.75, 3.05) is 25.1 Å². The molecule has 0 amide bonds. The zero-order valence-electron chi connectivity index (χ0n) is 12.0. The maximum Gasteiger partial charge on any atom is 0.142 e. The molecule has 2 saturated heterocycles. The Balaban J connectivity index is 1.95. The summed E-state index contributed by atoms with van der Waals surface area (Å²) < 4.78 is 5.58. The summed E-state index contributed by atoms with van der Waals surface area (Å²) in [5.41, 5.74) is 2.68. The number of hydrogen-bond donors (Lipinski definition) is 1. The molecule has 2 unspecified atom stereocenters. The van der Waals surface area contributed by atoms with Crippen LogP contribution in [0.4, 0.5) is 5.69 Å². The van der Waals surface area contributed by atoms with E-state index in [0.29, 0.717) is 12.1 Å². The molecular weight excluding hydrogens is 236 g/mol. The van der Waals surface area contributed by atoms with Gasteiger partial charge in [0.2, 0.25) is 0 Å². The second-order valence-electron chi connectivity index (χ2n) is 5.61. The van der Waals surface area contributed by atoms with Gasteiger partial charge >= 0.3 is 0 Å². The van der Waals surface area contributed by atoms with Crippen LogP contribution in [0, 0.1) is 0 Å². The molecule has 2 fully saturated rings. The molecule has 0 saturated carbocycles. The van der Waals surface area contributed by atoms with E-state index in [1.807, 2.05) is 0 Å². The number of benzene rings is 1. The van der Waals surface area contributed by atoms with Gasteiger partial charge in [0.05, 0.1) is 12.8 Å². The summed E-state index contributed by atoms with van der Waals surface area (Å²) in [4.78, 5) is 2.58. The Morgan fingerprint density at radius 2 is 2.26 bits per heavy atom. The van der Waals surface area contributed by atoms with Crippen molar-refractivity contribution in [3.63, 3.8) is 0 Å². The fourth-order valence-corrected chi connectivity index (χ4v) is 3.55. The summed E-state index contributed by atoms with van der Waals surface area (Å²) >= 11 is 0. The van der Waals surface area contributed by atoms with Crippen LogP contribution < -0.4 is 15.0 Å². The molecule has 0 radical (unpaired) electrons. The Kier molecular flexibility index (Phi) is 3.65. The second-order valence-corrected chi connectivity index (χ2v) is 5.61. The summed E-state index contributed by atoms with van der Waals surface area (Å²) in [5.74, 6) is 1.02. The average Bonchev–Trinajstić information content (AvgIpc) is 2.94. The fraction of sp³-hybridized carbons (Fsp3) is 0.625. The number of ether oxygens (including phenoxy) is 1. The van der Waals surface area contributed by atoms with Gasteiger partial charge in [-0.05, 0) is 49.9 Å². The van der Waals surface area contributed by atoms with Crippen molar-refractivity contribution >= 4 is 5.69 Å². The highest BCUT2D eigenvalue weighted by atomic mass is 16.5. The van der Waals surface area contributed by atoms with Gasteiger partial charge in [-0.15, -0.1) is 0 Å². The molecule has 0 aliphatic carbocycles. The van der Waals surface area contributed by atoms with Crippen molar-refractivity contribution in [3.8, 4) is 5.75 Å². The molecule has 1 aromatic carbocycles. The van der Waals surface area contributed by atoms with E-state index in [1.165, 1.54) is 30.5 Å². The third kappa shape index (κ3) is 2.32. The monoisotopic (exact) mass is 260 g/mol. The average molecular weight is 260 g/mol. The molecule has 2 aliphatic rings. The summed E-state index contributed by atoms with van der Waals surface area (Å²) in [7, 11) is 1.78. The van der Waals surface area contributed by atoms with Crippen LogP contribution in [0.15, 0.2) is 18.2 Å². The fourth-order valence-electron chi connectivity index (χ4n) is 3.55. The van der Waals surface area contributed by atoms with Crippen LogP contribution in [0.3, 0.4) is 0 Å². The first-order chi connectivity index (χ1) is 9.33. The highest BCUT2D eigenvalue weighted by Crippen LogP contribution is 2.36. The van der Waals surface area contributed by atoms with Crippen LogP contribution >= 0.6 is 0 Å². The third-order valence-electron chi connectivity index (χ3n) is 4.59. The van der Waals surface area contributed by atoms with E-state index >= 15 is 0 Å². The van der Waals surface area contributed by atoms with E-state index in [2.05, 4.69) is 35.3 Å². The molecule has 3 nitrogen and oxygen atoms in total. The van der Waals surface area contributed by atoms with Gasteiger partial charge < -0.3 is 15.0 Å². The molecule has 104 valence electrons. The first-order valence-electron chi connectivity index (χ1n) is 7.50. The number of nitrogens with one attached hydrogen (secondary N) is 1. The molecular formula is C16H24N2O. The number of piperidine rings is 1. The van der Waals surface area contributed by atoms with E-state index in [9.17, 15) is 0 Å². The van der Waals surface area contributed by atoms with Crippen molar-refractivity contribution in [1.29, 1.82) is 0 Å². The lowest BCUT2D eigenvalue weighted by Crippen LogP contribution is -2.48. The van der Waals surface area contributed by atoms with Gasteiger partial charge in [-0.2, -0.15) is 0 Å². The largest absolute Gasteiger partial charge is 0.495 e. The molecule has 2 heterocycles. The number of hydrogen-bond acceptors (Lipinski definition) is 3. The smallest absolute Gasteiger partial charge is 0.142 e. The van der Waals surface area contributed by atoms with Crippen LogP contribution in [0.25, 0.3) is 0 Å². The Hall–Kier alpha value is -1.22. The SMILES string of the molecule is CCc1ccc(OC)c(N2CCCC3NCCC32)c1. The van der Waals surface area contributed by atoms with Gasteiger partial charge in [0.1, 0.15) is 5.75 Å². The van der Waals surface area contributed by atoms with Gasteiger partial charge in [0, 0.05) is 18.6 Å². The van der Waals surface area contributed by atoms with Crippen LogP contribution in [-0.4, -0.2) is 32.3 Å². The molecule has 2 aliphatic heterocycles. The molecule has 0 spiro atoms. The molecule has 1 aromatic rings.